The van der Waals surface area contributed by atoms with Crippen molar-refractivity contribution in [1.29, 1.82) is 0 Å². The molecule has 1 N–H and O–H groups in total. The van der Waals surface area contributed by atoms with E-state index in [9.17, 15) is 0 Å². The van der Waals surface area contributed by atoms with Crippen molar-refractivity contribution in [2.24, 2.45) is 0 Å². The maximum absolute atomic E-state index is 9.06. The smallest absolute Gasteiger partial charge is 0.142 e. The minimum atomic E-state index is 0.639. The fraction of sp³-hybridized carbons (Fsp3) is 0.667. The number of hydrogen-bond acceptors (Lipinski definition) is 3. The van der Waals surface area contributed by atoms with Crippen LogP contribution in [0.4, 0.5) is 0 Å². The molecule has 0 aromatic carbocycles. The van der Waals surface area contributed by atoms with Crippen molar-refractivity contribution < 1.29 is 9.53 Å². The molecule has 1 fully saturated rings. The topological polar surface area (TPSA) is 38.3 Å². The zero-order valence-corrected chi connectivity index (χ0v) is 8.01. The molecular formula is C9H19NO2. The van der Waals surface area contributed by atoms with E-state index in [2.05, 4.69) is 11.9 Å². The second kappa shape index (κ2) is 16.7. The van der Waals surface area contributed by atoms with E-state index < -0.39 is 0 Å². The third-order valence-electron chi connectivity index (χ3n) is 0.943. The average Bonchev–Trinajstić information content (AvgIpc) is 2.24. The Labute approximate surface area is 74.8 Å². The molecule has 0 aromatic heterocycles. The molecule has 0 saturated carbocycles. The number of hydrogen-bond donors (Lipinski definition) is 1. The SMILES string of the molecule is C1COCCN1.C=CC=O.CC. The minimum absolute atomic E-state index is 0.639. The van der Waals surface area contributed by atoms with Gasteiger partial charge in [0.15, 0.2) is 0 Å². The van der Waals surface area contributed by atoms with E-state index >= 15 is 0 Å². The highest BCUT2D eigenvalue weighted by atomic mass is 16.5. The Hall–Kier alpha value is -0.670. The van der Waals surface area contributed by atoms with Crippen LogP contribution in [0.5, 0.6) is 0 Å². The molecular weight excluding hydrogens is 154 g/mol. The van der Waals surface area contributed by atoms with Crippen molar-refractivity contribution in [3.05, 3.63) is 12.7 Å². The summed E-state index contributed by atoms with van der Waals surface area (Å²) in [5.41, 5.74) is 0. The number of carbonyl (C=O) groups excluding carboxylic acids is 1. The molecule has 0 radical (unpaired) electrons. The van der Waals surface area contributed by atoms with Crippen molar-refractivity contribution in [3.63, 3.8) is 0 Å². The highest BCUT2D eigenvalue weighted by Crippen LogP contribution is 1.76. The van der Waals surface area contributed by atoms with Crippen LogP contribution in [0.3, 0.4) is 0 Å². The van der Waals surface area contributed by atoms with Gasteiger partial charge in [0, 0.05) is 13.1 Å². The molecule has 0 unspecified atom stereocenters. The zero-order valence-electron chi connectivity index (χ0n) is 8.01. The monoisotopic (exact) mass is 173 g/mol. The summed E-state index contributed by atoms with van der Waals surface area (Å²) >= 11 is 0. The normalized spacial score (nSPS) is 14.2. The van der Waals surface area contributed by atoms with Crippen LogP contribution in [0, 0.1) is 0 Å². The van der Waals surface area contributed by atoms with E-state index in [1.807, 2.05) is 13.8 Å². The molecule has 1 heterocycles. The van der Waals surface area contributed by atoms with Crippen molar-refractivity contribution in [2.75, 3.05) is 26.3 Å². The lowest BCUT2D eigenvalue weighted by molar-refractivity contribution is -0.104. The first-order valence-corrected chi connectivity index (χ1v) is 4.26. The molecule has 1 aliphatic heterocycles. The molecule has 0 bridgehead atoms. The van der Waals surface area contributed by atoms with Crippen LogP contribution in [0.2, 0.25) is 0 Å². The molecule has 0 amide bonds. The van der Waals surface area contributed by atoms with Crippen molar-refractivity contribution in [2.45, 2.75) is 13.8 Å². The van der Waals surface area contributed by atoms with E-state index in [4.69, 9.17) is 9.53 Å². The Morgan fingerprint density at radius 1 is 1.33 bits per heavy atom. The second-order valence-corrected chi connectivity index (χ2v) is 1.73. The van der Waals surface area contributed by atoms with Gasteiger partial charge in [0.25, 0.3) is 0 Å². The van der Waals surface area contributed by atoms with Crippen LogP contribution in [0.15, 0.2) is 12.7 Å². The summed E-state index contributed by atoms with van der Waals surface area (Å²) in [7, 11) is 0. The van der Waals surface area contributed by atoms with Gasteiger partial charge >= 0.3 is 0 Å². The first kappa shape index (κ1) is 13.9. The summed E-state index contributed by atoms with van der Waals surface area (Å²) < 4.78 is 5.01. The van der Waals surface area contributed by atoms with E-state index in [1.54, 1.807) is 0 Å². The van der Waals surface area contributed by atoms with Crippen LogP contribution >= 0.6 is 0 Å². The predicted molar refractivity (Wildman–Crippen MR) is 51.3 cm³/mol. The summed E-state index contributed by atoms with van der Waals surface area (Å²) in [6.07, 6.45) is 1.83. The Bertz CT molecular complexity index is 73.0. The number of rotatable bonds is 1. The van der Waals surface area contributed by atoms with E-state index in [-0.39, 0.29) is 0 Å². The summed E-state index contributed by atoms with van der Waals surface area (Å²) in [6.45, 7) is 10.9. The number of allylic oxidation sites excluding steroid dienone is 1. The molecule has 0 aliphatic carbocycles. The van der Waals surface area contributed by atoms with Gasteiger partial charge in [-0.25, -0.2) is 0 Å². The third kappa shape index (κ3) is 16.2. The van der Waals surface area contributed by atoms with Gasteiger partial charge in [-0.3, -0.25) is 4.79 Å². The molecule has 72 valence electrons. The van der Waals surface area contributed by atoms with Gasteiger partial charge in [0.1, 0.15) is 6.29 Å². The molecule has 1 saturated heterocycles. The van der Waals surface area contributed by atoms with E-state index in [1.165, 1.54) is 6.08 Å². The zero-order chi connectivity index (χ0) is 9.66. The first-order chi connectivity index (χ1) is 5.91. The molecule has 1 rings (SSSR count). The summed E-state index contributed by atoms with van der Waals surface area (Å²) in [4.78, 5) is 9.06. The van der Waals surface area contributed by atoms with Gasteiger partial charge in [-0.05, 0) is 6.08 Å². The largest absolute Gasteiger partial charge is 0.379 e. The van der Waals surface area contributed by atoms with Gasteiger partial charge in [-0.15, -0.1) is 0 Å². The molecule has 3 heteroatoms. The highest BCUT2D eigenvalue weighted by molar-refractivity contribution is 5.63. The maximum atomic E-state index is 9.06. The summed E-state index contributed by atoms with van der Waals surface area (Å²) in [5.74, 6) is 0. The number of carbonyl (C=O) groups is 1. The lowest BCUT2D eigenvalue weighted by atomic mass is 10.5. The Morgan fingerprint density at radius 3 is 1.83 bits per heavy atom. The summed E-state index contributed by atoms with van der Waals surface area (Å²) in [6, 6.07) is 0. The van der Waals surface area contributed by atoms with Crippen molar-refractivity contribution >= 4 is 6.29 Å². The van der Waals surface area contributed by atoms with Crippen LogP contribution in [0.25, 0.3) is 0 Å². The van der Waals surface area contributed by atoms with Crippen LogP contribution < -0.4 is 5.32 Å². The van der Waals surface area contributed by atoms with Gasteiger partial charge < -0.3 is 10.1 Å². The number of nitrogens with one attached hydrogen (secondary N) is 1. The molecule has 0 spiro atoms. The van der Waals surface area contributed by atoms with Gasteiger partial charge in [-0.2, -0.15) is 0 Å². The summed E-state index contributed by atoms with van der Waals surface area (Å²) in [5, 5.41) is 3.16. The fourth-order valence-corrected chi connectivity index (χ4v) is 0.516. The quantitative estimate of drug-likeness (QED) is 0.475. The molecule has 0 aromatic rings. The van der Waals surface area contributed by atoms with E-state index in [0.717, 1.165) is 26.3 Å². The van der Waals surface area contributed by atoms with Crippen LogP contribution in [0.1, 0.15) is 13.8 Å². The Kier molecular flexibility index (Phi) is 19.4. The second-order valence-electron chi connectivity index (χ2n) is 1.73. The van der Waals surface area contributed by atoms with Gasteiger partial charge in [0.05, 0.1) is 13.2 Å². The predicted octanol–water partition coefficient (Wildman–Crippen LogP) is 1.00. The third-order valence-corrected chi connectivity index (χ3v) is 0.943. The highest BCUT2D eigenvalue weighted by Gasteiger charge is 1.92. The Balaban J connectivity index is 0. The van der Waals surface area contributed by atoms with Gasteiger partial charge in [0.2, 0.25) is 0 Å². The number of aldehydes is 1. The minimum Gasteiger partial charge on any atom is -0.379 e. The van der Waals surface area contributed by atoms with Crippen molar-refractivity contribution in [3.8, 4) is 0 Å². The average molecular weight is 173 g/mol. The molecule has 0 atom stereocenters. The maximum Gasteiger partial charge on any atom is 0.142 e. The van der Waals surface area contributed by atoms with Crippen molar-refractivity contribution in [1.82, 2.24) is 5.32 Å². The standard InChI is InChI=1S/C4H9NO.C3H4O.C2H6/c1-3-6-4-2-5-1;1-2-3-4;1-2/h5H,1-4H2;2-3H,1H2;1-2H3. The number of ether oxygens (including phenoxy) is 1. The van der Waals surface area contributed by atoms with Crippen LogP contribution in [-0.4, -0.2) is 32.6 Å². The fourth-order valence-electron chi connectivity index (χ4n) is 0.516. The number of morpholine rings is 1. The molecule has 1 aliphatic rings. The van der Waals surface area contributed by atoms with Crippen LogP contribution in [-0.2, 0) is 9.53 Å². The van der Waals surface area contributed by atoms with E-state index in [0.29, 0.717) is 6.29 Å². The molecule has 12 heavy (non-hydrogen) atoms. The molecule has 3 nitrogen and oxygen atoms in total. The Morgan fingerprint density at radius 2 is 1.75 bits per heavy atom. The lowest BCUT2D eigenvalue weighted by Crippen LogP contribution is -2.30. The lowest BCUT2D eigenvalue weighted by Gasteiger charge is -2.10. The van der Waals surface area contributed by atoms with Gasteiger partial charge in [-0.1, -0.05) is 20.4 Å². The first-order valence-electron chi connectivity index (χ1n) is 4.26.